The summed E-state index contributed by atoms with van der Waals surface area (Å²) in [4.78, 5) is 0. The van der Waals surface area contributed by atoms with Gasteiger partial charge in [-0.2, -0.15) is 10.2 Å². The molecule has 2 heterocycles. The Balaban J connectivity index is 1.31. The van der Waals surface area contributed by atoms with Crippen LogP contribution in [0.5, 0.6) is 0 Å². The Morgan fingerprint density at radius 2 is 1.02 bits per heavy atom. The van der Waals surface area contributed by atoms with Gasteiger partial charge in [0.2, 0.25) is 5.66 Å². The van der Waals surface area contributed by atoms with E-state index in [1.54, 1.807) is 0 Å². The first-order valence-electron chi connectivity index (χ1n) is 21.3. The lowest BCUT2D eigenvalue weighted by atomic mass is 9.87. The second-order valence-electron chi connectivity index (χ2n) is 16.2. The van der Waals surface area contributed by atoms with E-state index in [-0.39, 0.29) is 0 Å². The molecule has 0 amide bonds. The molecule has 1 aliphatic carbocycles. The number of hydrogen-bond acceptors (Lipinski definition) is 2. The van der Waals surface area contributed by atoms with E-state index in [2.05, 4.69) is 134 Å². The fraction of sp³-hybridized carbons (Fsp3) is 0.373. The standard InChI is InChI=1S/C51H58N4/c1-5-7-9-11-13-15-21-39-33-46(40(32-38(39)4)22-16-14-12-10-8-6-2)41-28-30-45-44-29-27-37(3)31-47(44)51(48(45)34-41,54-49-25-19-17-23-42(49)35-52-54)55-50-26-20-18-24-43(50)36-53-55/h17-20,23-36H,5-16,21-22H2,1-4H3. The van der Waals surface area contributed by atoms with Gasteiger partial charge in [0.05, 0.1) is 23.4 Å². The van der Waals surface area contributed by atoms with Crippen molar-refractivity contribution in [3.8, 4) is 22.3 Å². The van der Waals surface area contributed by atoms with E-state index in [1.165, 1.54) is 133 Å². The van der Waals surface area contributed by atoms with E-state index in [1.807, 2.05) is 12.4 Å². The van der Waals surface area contributed by atoms with Crippen molar-refractivity contribution in [3.05, 3.63) is 143 Å². The van der Waals surface area contributed by atoms with Crippen LogP contribution in [0.4, 0.5) is 0 Å². The molecule has 282 valence electrons. The van der Waals surface area contributed by atoms with Crippen molar-refractivity contribution in [3.63, 3.8) is 0 Å². The average Bonchev–Trinajstić information content (AvgIpc) is 3.91. The summed E-state index contributed by atoms with van der Waals surface area (Å²) in [6.45, 7) is 9.15. The first-order valence-corrected chi connectivity index (χ1v) is 21.3. The van der Waals surface area contributed by atoms with E-state index in [0.29, 0.717) is 0 Å². The maximum absolute atomic E-state index is 5.27. The number of unbranched alkanes of at least 4 members (excludes halogenated alkanes) is 10. The van der Waals surface area contributed by atoms with Crippen LogP contribution in [0, 0.1) is 13.8 Å². The van der Waals surface area contributed by atoms with E-state index in [9.17, 15) is 0 Å². The first-order chi connectivity index (χ1) is 27.0. The maximum Gasteiger partial charge on any atom is 0.207 e. The van der Waals surface area contributed by atoms with E-state index in [4.69, 9.17) is 10.2 Å². The zero-order valence-corrected chi connectivity index (χ0v) is 33.6. The molecule has 2 aromatic heterocycles. The van der Waals surface area contributed by atoms with Crippen LogP contribution in [-0.4, -0.2) is 19.6 Å². The Hall–Kier alpha value is -4.96. The summed E-state index contributed by atoms with van der Waals surface area (Å²) in [7, 11) is 0. The second-order valence-corrected chi connectivity index (χ2v) is 16.2. The van der Waals surface area contributed by atoms with Gasteiger partial charge in [0, 0.05) is 21.9 Å². The van der Waals surface area contributed by atoms with Gasteiger partial charge in [0.1, 0.15) is 0 Å². The monoisotopic (exact) mass is 726 g/mol. The fourth-order valence-corrected chi connectivity index (χ4v) is 9.32. The van der Waals surface area contributed by atoms with Gasteiger partial charge in [-0.3, -0.25) is 0 Å². The number of rotatable bonds is 17. The first kappa shape index (κ1) is 37.0. The van der Waals surface area contributed by atoms with Gasteiger partial charge < -0.3 is 0 Å². The van der Waals surface area contributed by atoms with Crippen LogP contribution in [0.1, 0.15) is 124 Å². The van der Waals surface area contributed by atoms with Crippen molar-refractivity contribution in [1.82, 2.24) is 19.6 Å². The van der Waals surface area contributed by atoms with Crippen molar-refractivity contribution in [1.29, 1.82) is 0 Å². The highest BCUT2D eigenvalue weighted by Gasteiger charge is 2.50. The predicted octanol–water partition coefficient (Wildman–Crippen LogP) is 13.8. The highest BCUT2D eigenvalue weighted by molar-refractivity contribution is 5.89. The number of aromatic nitrogens is 4. The highest BCUT2D eigenvalue weighted by Crippen LogP contribution is 2.53. The minimum absolute atomic E-state index is 0.843. The van der Waals surface area contributed by atoms with Gasteiger partial charge in [-0.05, 0) is 96.7 Å². The zero-order chi connectivity index (χ0) is 37.8. The number of nitrogens with zero attached hydrogens (tertiary/aromatic N) is 4. The van der Waals surface area contributed by atoms with Crippen LogP contribution in [0.25, 0.3) is 44.1 Å². The lowest BCUT2D eigenvalue weighted by Gasteiger charge is -2.35. The molecule has 0 bridgehead atoms. The largest absolute Gasteiger partial charge is 0.229 e. The van der Waals surface area contributed by atoms with E-state index >= 15 is 0 Å². The quantitative estimate of drug-likeness (QED) is 0.0876. The third-order valence-electron chi connectivity index (χ3n) is 12.3. The molecule has 4 nitrogen and oxygen atoms in total. The summed E-state index contributed by atoms with van der Waals surface area (Å²) >= 11 is 0. The molecule has 1 aliphatic rings. The van der Waals surface area contributed by atoms with Gasteiger partial charge in [-0.1, -0.05) is 162 Å². The molecule has 5 aromatic carbocycles. The average molecular weight is 727 g/mol. The summed E-state index contributed by atoms with van der Waals surface area (Å²) in [6.07, 6.45) is 22.0. The van der Waals surface area contributed by atoms with Crippen molar-refractivity contribution < 1.29 is 0 Å². The molecule has 55 heavy (non-hydrogen) atoms. The van der Waals surface area contributed by atoms with Gasteiger partial charge in [0.15, 0.2) is 0 Å². The normalized spacial score (nSPS) is 13.2. The number of hydrogen-bond donors (Lipinski definition) is 0. The smallest absolute Gasteiger partial charge is 0.207 e. The molecule has 0 unspecified atom stereocenters. The van der Waals surface area contributed by atoms with E-state index in [0.717, 1.165) is 34.6 Å². The SMILES string of the molecule is CCCCCCCCc1cc(-c2ccc3c(c2)C(n2ncc4ccccc42)(n2ncc4ccccc42)c2cc(C)ccc2-3)c(CCCCCCCC)cc1C. The summed E-state index contributed by atoms with van der Waals surface area (Å²) < 4.78 is 4.51. The summed E-state index contributed by atoms with van der Waals surface area (Å²) in [5, 5.41) is 12.8. The minimum Gasteiger partial charge on any atom is -0.229 e. The molecule has 0 aliphatic heterocycles. The van der Waals surface area contributed by atoms with Crippen LogP contribution in [0.2, 0.25) is 0 Å². The number of para-hydroxylation sites is 2. The van der Waals surface area contributed by atoms with Crippen LogP contribution in [-0.2, 0) is 18.5 Å². The lowest BCUT2D eigenvalue weighted by molar-refractivity contribution is 0.323. The summed E-state index contributed by atoms with van der Waals surface area (Å²) in [5.74, 6) is 0. The minimum atomic E-state index is -0.843. The summed E-state index contributed by atoms with van der Waals surface area (Å²) in [6, 6.07) is 36.6. The van der Waals surface area contributed by atoms with Gasteiger partial charge in [-0.25, -0.2) is 9.36 Å². The number of aryl methyl sites for hydroxylation is 4. The van der Waals surface area contributed by atoms with Crippen LogP contribution < -0.4 is 0 Å². The van der Waals surface area contributed by atoms with Gasteiger partial charge in [-0.15, -0.1) is 0 Å². The molecular weight excluding hydrogens is 669 g/mol. The van der Waals surface area contributed by atoms with Crippen LogP contribution in [0.3, 0.4) is 0 Å². The van der Waals surface area contributed by atoms with Crippen molar-refractivity contribution >= 4 is 21.8 Å². The molecule has 0 atom stereocenters. The highest BCUT2D eigenvalue weighted by atomic mass is 15.5. The lowest BCUT2D eigenvalue weighted by Crippen LogP contribution is -2.43. The molecule has 0 fully saturated rings. The third kappa shape index (κ3) is 6.94. The fourth-order valence-electron chi connectivity index (χ4n) is 9.32. The molecule has 0 saturated heterocycles. The van der Waals surface area contributed by atoms with Gasteiger partial charge >= 0.3 is 0 Å². The molecule has 0 saturated carbocycles. The van der Waals surface area contributed by atoms with Crippen molar-refractivity contribution in [2.45, 2.75) is 123 Å². The predicted molar refractivity (Wildman–Crippen MR) is 232 cm³/mol. The molecular formula is C51H58N4. The Morgan fingerprint density at radius 1 is 0.491 bits per heavy atom. The summed E-state index contributed by atoms with van der Waals surface area (Å²) in [5.41, 5.74) is 14.6. The Morgan fingerprint density at radius 3 is 1.64 bits per heavy atom. The number of fused-ring (bicyclic) bond motifs is 5. The molecule has 0 radical (unpaired) electrons. The maximum atomic E-state index is 5.27. The third-order valence-corrected chi connectivity index (χ3v) is 12.3. The molecule has 7 aromatic rings. The molecule has 0 N–H and O–H groups in total. The second kappa shape index (κ2) is 16.4. The van der Waals surface area contributed by atoms with Gasteiger partial charge in [0.25, 0.3) is 0 Å². The van der Waals surface area contributed by atoms with Crippen LogP contribution >= 0.6 is 0 Å². The Labute approximate surface area is 328 Å². The topological polar surface area (TPSA) is 35.6 Å². The molecule has 4 heteroatoms. The van der Waals surface area contributed by atoms with Crippen LogP contribution in [0.15, 0.2) is 109 Å². The molecule has 8 rings (SSSR count). The molecule has 0 spiro atoms. The van der Waals surface area contributed by atoms with Crippen molar-refractivity contribution in [2.75, 3.05) is 0 Å². The van der Waals surface area contributed by atoms with Crippen molar-refractivity contribution in [2.24, 2.45) is 0 Å². The van der Waals surface area contributed by atoms with E-state index < -0.39 is 5.66 Å². The number of benzene rings is 5. The Bertz CT molecular complexity index is 2330. The Kier molecular flexibility index (Phi) is 11.0. The zero-order valence-electron chi connectivity index (χ0n) is 33.6.